The summed E-state index contributed by atoms with van der Waals surface area (Å²) < 4.78 is 22.1. The Morgan fingerprint density at radius 2 is 1.89 bits per heavy atom. The molecule has 1 aliphatic rings. The quantitative estimate of drug-likeness (QED) is 0.667. The van der Waals surface area contributed by atoms with Gasteiger partial charge in [-0.2, -0.15) is 0 Å². The molecule has 1 amide bonds. The highest BCUT2D eigenvalue weighted by Gasteiger charge is 2.20. The lowest BCUT2D eigenvalue weighted by Gasteiger charge is -2.06. The minimum atomic E-state index is -3.66. The van der Waals surface area contributed by atoms with Crippen LogP contribution in [0.3, 0.4) is 0 Å². The van der Waals surface area contributed by atoms with Crippen molar-refractivity contribution in [3.63, 3.8) is 0 Å². The number of hydrogen-bond donors (Lipinski definition) is 3. The maximum atomic E-state index is 11.5. The van der Waals surface area contributed by atoms with E-state index in [4.69, 9.17) is 5.14 Å². The summed E-state index contributed by atoms with van der Waals surface area (Å²) >= 11 is 0. The Kier molecular flexibility index (Phi) is 4.18. The molecule has 104 valence electrons. The van der Waals surface area contributed by atoms with E-state index in [9.17, 15) is 13.2 Å². The summed E-state index contributed by atoms with van der Waals surface area (Å²) in [5, 5.41) is 10.9. The number of primary sulfonamides is 1. The Morgan fingerprint density at radius 1 is 1.26 bits per heavy atom. The smallest absolute Gasteiger partial charge is 0.238 e. The van der Waals surface area contributed by atoms with Gasteiger partial charge < -0.3 is 10.6 Å². The molecular weight excluding hydrogens is 266 g/mol. The van der Waals surface area contributed by atoms with Crippen molar-refractivity contribution in [3.8, 4) is 0 Å². The molecule has 1 aliphatic carbocycles. The first-order valence-electron chi connectivity index (χ1n) is 6.07. The third-order valence-electron chi connectivity index (χ3n) is 2.87. The van der Waals surface area contributed by atoms with Crippen molar-refractivity contribution in [2.45, 2.75) is 30.3 Å². The van der Waals surface area contributed by atoms with Crippen LogP contribution in [0, 0.1) is 0 Å². The Labute approximate surface area is 112 Å². The van der Waals surface area contributed by atoms with Crippen LogP contribution in [-0.2, 0) is 21.4 Å². The number of benzene rings is 1. The molecular formula is C12H17N3O3S. The number of carbonyl (C=O) groups is 1. The van der Waals surface area contributed by atoms with E-state index in [0.717, 1.165) is 18.4 Å². The maximum Gasteiger partial charge on any atom is 0.238 e. The SMILES string of the molecule is NS(=O)(=O)c1ccc(CNC(=O)CNC2CC2)cc1. The van der Waals surface area contributed by atoms with Crippen molar-refractivity contribution in [2.24, 2.45) is 5.14 Å². The van der Waals surface area contributed by atoms with Gasteiger partial charge >= 0.3 is 0 Å². The molecule has 0 aromatic heterocycles. The summed E-state index contributed by atoms with van der Waals surface area (Å²) in [7, 11) is -3.66. The predicted octanol–water partition coefficient (Wildman–Crippen LogP) is -0.298. The first-order chi connectivity index (χ1) is 8.95. The van der Waals surface area contributed by atoms with E-state index in [0.29, 0.717) is 19.1 Å². The predicted molar refractivity (Wildman–Crippen MR) is 70.7 cm³/mol. The van der Waals surface area contributed by atoms with E-state index in [1.54, 1.807) is 12.1 Å². The number of nitrogens with two attached hydrogens (primary N) is 1. The van der Waals surface area contributed by atoms with Gasteiger partial charge in [0.2, 0.25) is 15.9 Å². The minimum absolute atomic E-state index is 0.0672. The third kappa shape index (κ3) is 4.62. The molecule has 1 aromatic rings. The van der Waals surface area contributed by atoms with Crippen LogP contribution in [-0.4, -0.2) is 26.9 Å². The molecule has 1 saturated carbocycles. The highest BCUT2D eigenvalue weighted by molar-refractivity contribution is 7.89. The largest absolute Gasteiger partial charge is 0.351 e. The Hall–Kier alpha value is -1.44. The molecule has 7 heteroatoms. The number of nitrogens with one attached hydrogen (secondary N) is 2. The van der Waals surface area contributed by atoms with E-state index < -0.39 is 10.0 Å². The molecule has 0 heterocycles. The van der Waals surface area contributed by atoms with Gasteiger partial charge in [-0.1, -0.05) is 12.1 Å². The van der Waals surface area contributed by atoms with Gasteiger partial charge in [-0.3, -0.25) is 4.79 Å². The number of hydrogen-bond acceptors (Lipinski definition) is 4. The first kappa shape index (κ1) is 14.0. The summed E-state index contributed by atoms with van der Waals surface area (Å²) in [4.78, 5) is 11.6. The van der Waals surface area contributed by atoms with Crippen molar-refractivity contribution >= 4 is 15.9 Å². The van der Waals surface area contributed by atoms with E-state index in [1.165, 1.54) is 12.1 Å². The van der Waals surface area contributed by atoms with Gasteiger partial charge in [-0.15, -0.1) is 0 Å². The molecule has 0 unspecified atom stereocenters. The van der Waals surface area contributed by atoms with Gasteiger partial charge in [-0.25, -0.2) is 13.6 Å². The molecule has 2 rings (SSSR count). The third-order valence-corrected chi connectivity index (χ3v) is 3.80. The van der Waals surface area contributed by atoms with Crippen molar-refractivity contribution in [3.05, 3.63) is 29.8 Å². The van der Waals surface area contributed by atoms with Gasteiger partial charge in [0.15, 0.2) is 0 Å². The molecule has 4 N–H and O–H groups in total. The number of sulfonamides is 1. The van der Waals surface area contributed by atoms with Crippen LogP contribution >= 0.6 is 0 Å². The van der Waals surface area contributed by atoms with Crippen LogP contribution in [0.4, 0.5) is 0 Å². The average molecular weight is 283 g/mol. The molecule has 19 heavy (non-hydrogen) atoms. The van der Waals surface area contributed by atoms with Crippen LogP contribution in [0.5, 0.6) is 0 Å². The highest BCUT2D eigenvalue weighted by Crippen LogP contribution is 2.17. The van der Waals surface area contributed by atoms with Gasteiger partial charge in [0.25, 0.3) is 0 Å². The van der Waals surface area contributed by atoms with E-state index in [1.807, 2.05) is 0 Å². The summed E-state index contributed by atoms with van der Waals surface area (Å²) in [6.07, 6.45) is 2.28. The van der Waals surface area contributed by atoms with Crippen LogP contribution in [0.1, 0.15) is 18.4 Å². The molecule has 6 nitrogen and oxygen atoms in total. The van der Waals surface area contributed by atoms with Gasteiger partial charge in [0, 0.05) is 12.6 Å². The summed E-state index contributed by atoms with van der Waals surface area (Å²) in [6.45, 7) is 0.690. The lowest BCUT2D eigenvalue weighted by atomic mass is 10.2. The fraction of sp³-hybridized carbons (Fsp3) is 0.417. The monoisotopic (exact) mass is 283 g/mol. The van der Waals surface area contributed by atoms with Crippen molar-refractivity contribution in [1.29, 1.82) is 0 Å². The van der Waals surface area contributed by atoms with E-state index >= 15 is 0 Å². The number of amides is 1. The highest BCUT2D eigenvalue weighted by atomic mass is 32.2. The Balaban J connectivity index is 1.80. The molecule has 0 aliphatic heterocycles. The molecule has 0 spiro atoms. The van der Waals surface area contributed by atoms with Gasteiger partial charge in [0.1, 0.15) is 0 Å². The molecule has 0 saturated heterocycles. The zero-order valence-electron chi connectivity index (χ0n) is 10.4. The van der Waals surface area contributed by atoms with E-state index in [-0.39, 0.29) is 10.8 Å². The fourth-order valence-corrected chi connectivity index (χ4v) is 2.10. The molecule has 0 atom stereocenters. The topological polar surface area (TPSA) is 101 Å². The van der Waals surface area contributed by atoms with Crippen LogP contribution < -0.4 is 15.8 Å². The average Bonchev–Trinajstić information content (AvgIpc) is 3.17. The fourth-order valence-electron chi connectivity index (χ4n) is 1.58. The van der Waals surface area contributed by atoms with Crippen LogP contribution in [0.25, 0.3) is 0 Å². The maximum absolute atomic E-state index is 11.5. The Morgan fingerprint density at radius 3 is 2.42 bits per heavy atom. The normalized spacial score (nSPS) is 15.2. The lowest BCUT2D eigenvalue weighted by molar-refractivity contribution is -0.120. The minimum Gasteiger partial charge on any atom is -0.351 e. The number of rotatable bonds is 6. The lowest BCUT2D eigenvalue weighted by Crippen LogP contribution is -2.34. The zero-order valence-corrected chi connectivity index (χ0v) is 11.2. The zero-order chi connectivity index (χ0) is 13.9. The van der Waals surface area contributed by atoms with E-state index in [2.05, 4.69) is 10.6 Å². The summed E-state index contributed by atoms with van der Waals surface area (Å²) in [5.41, 5.74) is 0.826. The summed E-state index contributed by atoms with van der Waals surface area (Å²) in [6, 6.07) is 6.63. The van der Waals surface area contributed by atoms with Crippen molar-refractivity contribution in [2.75, 3.05) is 6.54 Å². The van der Waals surface area contributed by atoms with Gasteiger partial charge in [-0.05, 0) is 30.5 Å². The molecule has 0 radical (unpaired) electrons. The van der Waals surface area contributed by atoms with Crippen LogP contribution in [0.15, 0.2) is 29.2 Å². The summed E-state index contributed by atoms with van der Waals surface area (Å²) in [5.74, 6) is -0.0672. The number of carbonyl (C=O) groups excluding carboxylic acids is 1. The second-order valence-corrected chi connectivity index (χ2v) is 6.18. The van der Waals surface area contributed by atoms with Crippen molar-refractivity contribution in [1.82, 2.24) is 10.6 Å². The molecule has 1 aromatic carbocycles. The first-order valence-corrected chi connectivity index (χ1v) is 7.61. The second kappa shape index (κ2) is 5.68. The molecule has 0 bridgehead atoms. The van der Waals surface area contributed by atoms with Crippen molar-refractivity contribution < 1.29 is 13.2 Å². The van der Waals surface area contributed by atoms with Gasteiger partial charge in [0.05, 0.1) is 11.4 Å². The standard InChI is InChI=1S/C12H17N3O3S/c13-19(17,18)11-5-1-9(2-6-11)7-15-12(16)8-14-10-3-4-10/h1-2,5-6,10,14H,3-4,7-8H2,(H,15,16)(H2,13,17,18). The van der Waals surface area contributed by atoms with Crippen LogP contribution in [0.2, 0.25) is 0 Å². The molecule has 1 fully saturated rings. The Bertz CT molecular complexity index is 550. The second-order valence-electron chi connectivity index (χ2n) is 4.62.